The number of rotatable bonds is 8. The molecular weight excluding hydrogens is 350 g/mol. The summed E-state index contributed by atoms with van der Waals surface area (Å²) in [5, 5.41) is 14.3. The van der Waals surface area contributed by atoms with E-state index in [2.05, 4.69) is 10.6 Å². The number of hydrogen-bond donors (Lipinski definition) is 3. The third-order valence-corrected chi connectivity index (χ3v) is 4.62. The van der Waals surface area contributed by atoms with E-state index in [0.717, 1.165) is 11.3 Å². The first-order chi connectivity index (χ1) is 13.0. The molecule has 1 heterocycles. The Kier molecular flexibility index (Phi) is 7.91. The van der Waals surface area contributed by atoms with Crippen molar-refractivity contribution in [2.45, 2.75) is 32.2 Å². The smallest absolute Gasteiger partial charge is 0.317 e. The van der Waals surface area contributed by atoms with E-state index in [4.69, 9.17) is 9.84 Å². The molecule has 1 aliphatic rings. The van der Waals surface area contributed by atoms with Crippen molar-refractivity contribution in [2.75, 3.05) is 26.7 Å². The Morgan fingerprint density at radius 3 is 2.41 bits per heavy atom. The van der Waals surface area contributed by atoms with Crippen molar-refractivity contribution in [1.82, 2.24) is 15.5 Å². The highest BCUT2D eigenvalue weighted by Gasteiger charge is 2.27. The lowest BCUT2D eigenvalue weighted by atomic mass is 9.96. The molecule has 0 saturated carbocycles. The highest BCUT2D eigenvalue weighted by Crippen LogP contribution is 2.18. The molecule has 0 bridgehead atoms. The normalized spacial score (nSPS) is 14.5. The van der Waals surface area contributed by atoms with Crippen LogP contribution in [0.25, 0.3) is 0 Å². The van der Waals surface area contributed by atoms with Gasteiger partial charge in [-0.05, 0) is 37.0 Å². The number of nitrogens with one attached hydrogen (secondary N) is 2. The summed E-state index contributed by atoms with van der Waals surface area (Å²) in [5.74, 6) is -0.184. The quantitative estimate of drug-likeness (QED) is 0.597. The summed E-state index contributed by atoms with van der Waals surface area (Å²) in [6, 6.07) is 7.34. The lowest BCUT2D eigenvalue weighted by Gasteiger charge is -2.31. The van der Waals surface area contributed by atoms with Crippen LogP contribution < -0.4 is 15.4 Å². The zero-order valence-electron chi connectivity index (χ0n) is 15.6. The Bertz CT molecular complexity index is 639. The van der Waals surface area contributed by atoms with Crippen molar-refractivity contribution in [3.63, 3.8) is 0 Å². The molecule has 148 valence electrons. The Morgan fingerprint density at radius 1 is 1.15 bits per heavy atom. The number of hydrogen-bond acceptors (Lipinski definition) is 4. The van der Waals surface area contributed by atoms with Crippen LogP contribution in [0.1, 0.15) is 31.2 Å². The van der Waals surface area contributed by atoms with Crippen LogP contribution >= 0.6 is 0 Å². The van der Waals surface area contributed by atoms with Crippen LogP contribution in [0.2, 0.25) is 0 Å². The second kappa shape index (κ2) is 10.4. The van der Waals surface area contributed by atoms with Crippen LogP contribution in [0.4, 0.5) is 4.79 Å². The number of amides is 3. The van der Waals surface area contributed by atoms with E-state index in [1.54, 1.807) is 12.0 Å². The van der Waals surface area contributed by atoms with Gasteiger partial charge in [0, 0.05) is 38.5 Å². The molecule has 3 N–H and O–H groups in total. The molecule has 0 aromatic heterocycles. The predicted octanol–water partition coefficient (Wildman–Crippen LogP) is 1.60. The summed E-state index contributed by atoms with van der Waals surface area (Å²) in [4.78, 5) is 36.5. The van der Waals surface area contributed by atoms with Crippen LogP contribution in [-0.2, 0) is 16.1 Å². The summed E-state index contributed by atoms with van der Waals surface area (Å²) in [6.07, 6.45) is 1.69. The maximum atomic E-state index is 12.3. The van der Waals surface area contributed by atoms with Crippen molar-refractivity contribution >= 4 is 17.9 Å². The number of carboxylic acids is 1. The van der Waals surface area contributed by atoms with Crippen LogP contribution in [0.5, 0.6) is 5.75 Å². The molecule has 0 atom stereocenters. The predicted molar refractivity (Wildman–Crippen MR) is 99.4 cm³/mol. The topological polar surface area (TPSA) is 108 Å². The number of carboxylic acid groups (broad SMARTS) is 1. The lowest BCUT2D eigenvalue weighted by Crippen LogP contribution is -2.47. The number of carbonyl (C=O) groups is 3. The molecule has 27 heavy (non-hydrogen) atoms. The number of nitrogens with zero attached hydrogens (tertiary/aromatic N) is 1. The van der Waals surface area contributed by atoms with Crippen LogP contribution in [0.15, 0.2) is 24.3 Å². The number of aliphatic carboxylic acids is 1. The zero-order chi connectivity index (χ0) is 19.6. The third kappa shape index (κ3) is 6.80. The Balaban J connectivity index is 1.67. The zero-order valence-corrected chi connectivity index (χ0v) is 15.6. The summed E-state index contributed by atoms with van der Waals surface area (Å²) < 4.78 is 5.11. The maximum Gasteiger partial charge on any atom is 0.317 e. The molecular formula is C19H27N3O5. The standard InChI is InChI=1S/C19H27N3O5/c1-27-16-6-4-14(5-7-16)13-21-18(25)15-8-11-22(12-9-15)19(26)20-10-2-3-17(23)24/h4-7,15H,2-3,8-13H2,1H3,(H,20,26)(H,21,25)(H,23,24). The number of piperidine rings is 1. The van der Waals surface area contributed by atoms with Crippen molar-refractivity contribution in [1.29, 1.82) is 0 Å². The number of benzene rings is 1. The monoisotopic (exact) mass is 377 g/mol. The second-order valence-electron chi connectivity index (χ2n) is 6.56. The first kappa shape index (κ1) is 20.5. The Labute approximate surface area is 158 Å². The van der Waals surface area contributed by atoms with Crippen LogP contribution in [0, 0.1) is 5.92 Å². The summed E-state index contributed by atoms with van der Waals surface area (Å²) in [6.45, 7) is 1.84. The van der Waals surface area contributed by atoms with Gasteiger partial charge in [-0.3, -0.25) is 9.59 Å². The van der Waals surface area contributed by atoms with Gasteiger partial charge in [-0.15, -0.1) is 0 Å². The van der Waals surface area contributed by atoms with Gasteiger partial charge in [0.25, 0.3) is 0 Å². The molecule has 1 fully saturated rings. The minimum absolute atomic E-state index is 0.00679. The fourth-order valence-corrected chi connectivity index (χ4v) is 2.97. The van der Waals surface area contributed by atoms with Gasteiger partial charge in [0.2, 0.25) is 5.91 Å². The first-order valence-corrected chi connectivity index (χ1v) is 9.15. The van der Waals surface area contributed by atoms with E-state index >= 15 is 0 Å². The lowest BCUT2D eigenvalue weighted by molar-refractivity contribution is -0.137. The average Bonchev–Trinajstić information content (AvgIpc) is 2.69. The molecule has 8 heteroatoms. The average molecular weight is 377 g/mol. The van der Waals surface area contributed by atoms with Gasteiger partial charge in [-0.1, -0.05) is 12.1 Å². The fourth-order valence-electron chi connectivity index (χ4n) is 2.97. The first-order valence-electron chi connectivity index (χ1n) is 9.15. The number of ether oxygens (including phenoxy) is 1. The van der Waals surface area contributed by atoms with Crippen molar-refractivity contribution < 1.29 is 24.2 Å². The van der Waals surface area contributed by atoms with Crippen molar-refractivity contribution in [3.05, 3.63) is 29.8 Å². The molecule has 1 aliphatic heterocycles. The van der Waals surface area contributed by atoms with Crippen molar-refractivity contribution in [2.24, 2.45) is 5.92 Å². The van der Waals surface area contributed by atoms with Gasteiger partial charge in [0.05, 0.1) is 7.11 Å². The number of urea groups is 1. The summed E-state index contributed by atoms with van der Waals surface area (Å²) >= 11 is 0. The third-order valence-electron chi connectivity index (χ3n) is 4.62. The van der Waals surface area contributed by atoms with E-state index in [0.29, 0.717) is 45.4 Å². The van der Waals surface area contributed by atoms with Gasteiger partial charge in [0.1, 0.15) is 5.75 Å². The highest BCUT2D eigenvalue weighted by atomic mass is 16.5. The molecule has 1 saturated heterocycles. The largest absolute Gasteiger partial charge is 0.497 e. The minimum Gasteiger partial charge on any atom is -0.497 e. The second-order valence-corrected chi connectivity index (χ2v) is 6.56. The van der Waals surface area contributed by atoms with Gasteiger partial charge >= 0.3 is 12.0 Å². The van der Waals surface area contributed by atoms with Gasteiger partial charge in [0.15, 0.2) is 0 Å². The summed E-state index contributed by atoms with van der Waals surface area (Å²) in [5.41, 5.74) is 1.00. The van der Waals surface area contributed by atoms with E-state index < -0.39 is 5.97 Å². The van der Waals surface area contributed by atoms with E-state index in [-0.39, 0.29) is 24.3 Å². The molecule has 1 aromatic rings. The van der Waals surface area contributed by atoms with Gasteiger partial charge in [-0.2, -0.15) is 0 Å². The SMILES string of the molecule is COc1ccc(CNC(=O)C2CCN(C(=O)NCCCC(=O)O)CC2)cc1. The van der Waals surface area contributed by atoms with E-state index in [1.165, 1.54) is 0 Å². The molecule has 2 rings (SSSR count). The molecule has 0 unspecified atom stereocenters. The maximum absolute atomic E-state index is 12.3. The Hall–Kier alpha value is -2.77. The van der Waals surface area contributed by atoms with Gasteiger partial charge in [-0.25, -0.2) is 4.79 Å². The molecule has 3 amide bonds. The van der Waals surface area contributed by atoms with E-state index in [1.807, 2.05) is 24.3 Å². The highest BCUT2D eigenvalue weighted by molar-refractivity contribution is 5.79. The fraction of sp³-hybridized carbons (Fsp3) is 0.526. The molecule has 0 radical (unpaired) electrons. The molecule has 0 spiro atoms. The number of carbonyl (C=O) groups excluding carboxylic acids is 2. The minimum atomic E-state index is -0.870. The molecule has 1 aromatic carbocycles. The molecule has 0 aliphatic carbocycles. The van der Waals surface area contributed by atoms with E-state index in [9.17, 15) is 14.4 Å². The van der Waals surface area contributed by atoms with Gasteiger partial charge < -0.3 is 25.4 Å². The molecule has 8 nitrogen and oxygen atoms in total. The number of likely N-dealkylation sites (tertiary alicyclic amines) is 1. The van der Waals surface area contributed by atoms with Crippen molar-refractivity contribution in [3.8, 4) is 5.75 Å². The number of methoxy groups -OCH3 is 1. The van der Waals surface area contributed by atoms with Crippen LogP contribution in [0.3, 0.4) is 0 Å². The Morgan fingerprint density at radius 2 is 1.81 bits per heavy atom. The van der Waals surface area contributed by atoms with Crippen LogP contribution in [-0.4, -0.2) is 54.7 Å². The summed E-state index contributed by atoms with van der Waals surface area (Å²) in [7, 11) is 1.61.